The van der Waals surface area contributed by atoms with E-state index in [9.17, 15) is 4.79 Å². The molecule has 0 bridgehead atoms. The lowest BCUT2D eigenvalue weighted by Gasteiger charge is -2.24. The van der Waals surface area contributed by atoms with Crippen molar-refractivity contribution in [2.24, 2.45) is 0 Å². The number of rotatable bonds is 6. The number of urea groups is 1. The second-order valence-electron chi connectivity index (χ2n) is 9.06. The topological polar surface area (TPSA) is 143 Å². The predicted molar refractivity (Wildman–Crippen MR) is 120 cm³/mol. The molecule has 0 unspecified atom stereocenters. The van der Waals surface area contributed by atoms with Crippen LogP contribution in [0.15, 0.2) is 36.9 Å². The van der Waals surface area contributed by atoms with Gasteiger partial charge in [0, 0.05) is 6.04 Å². The van der Waals surface area contributed by atoms with Crippen LogP contribution >= 0.6 is 0 Å². The predicted octanol–water partition coefficient (Wildman–Crippen LogP) is 1.39. The highest BCUT2D eigenvalue weighted by molar-refractivity contribution is 5.74. The first kappa shape index (κ1) is 21.9. The van der Waals surface area contributed by atoms with Crippen molar-refractivity contribution in [2.45, 2.75) is 62.4 Å². The second-order valence-corrected chi connectivity index (χ2v) is 9.06. The molecule has 1 aliphatic carbocycles. The molecule has 3 fully saturated rings. The van der Waals surface area contributed by atoms with Crippen molar-refractivity contribution in [3.8, 4) is 17.4 Å². The molecule has 184 valence electrons. The molecule has 4 heterocycles. The SMILES string of the molecule is O=C(NC1CCCCC1)N[C@H]1CO[C@H]2[C@H]1OC[C@H]2n1nnnc1Oc1ccc(-n2cncn2)cc1. The molecule has 2 aromatic heterocycles. The molecule has 0 radical (unpaired) electrons. The molecule has 6 rings (SSSR count). The first-order chi connectivity index (χ1) is 17.2. The molecule has 2 aliphatic heterocycles. The Morgan fingerprint density at radius 1 is 1.03 bits per heavy atom. The summed E-state index contributed by atoms with van der Waals surface area (Å²) in [5.41, 5.74) is 0.854. The van der Waals surface area contributed by atoms with Gasteiger partial charge in [-0.25, -0.2) is 14.5 Å². The van der Waals surface area contributed by atoms with Crippen LogP contribution in [0, 0.1) is 0 Å². The van der Waals surface area contributed by atoms with Crippen molar-refractivity contribution in [1.29, 1.82) is 0 Å². The van der Waals surface area contributed by atoms with Gasteiger partial charge in [-0.1, -0.05) is 24.4 Å². The van der Waals surface area contributed by atoms with Crippen LogP contribution in [0.25, 0.3) is 5.69 Å². The number of hydrogen-bond donors (Lipinski definition) is 2. The van der Waals surface area contributed by atoms with Crippen LogP contribution in [-0.4, -0.2) is 78.5 Å². The standard InChI is InChI=1S/C22H27N9O4/c32-21(25-14-4-2-1-3-5-14)26-17-10-33-20-18(11-34-19(17)20)31-22(27-28-29-31)35-16-8-6-15(7-9-16)30-13-23-12-24-30/h6-9,12-14,17-20H,1-5,10-11H2,(H2,25,26,32)/t17-,18+,19-,20+/m0/s1. The first-order valence-corrected chi connectivity index (χ1v) is 12.0. The highest BCUT2D eigenvalue weighted by Crippen LogP contribution is 2.36. The van der Waals surface area contributed by atoms with Crippen molar-refractivity contribution in [1.82, 2.24) is 45.6 Å². The fraction of sp³-hybridized carbons (Fsp3) is 0.545. The number of fused-ring (bicyclic) bond motifs is 1. The monoisotopic (exact) mass is 481 g/mol. The molecule has 2 amide bonds. The summed E-state index contributed by atoms with van der Waals surface area (Å²) in [5.74, 6) is 0.576. The normalized spacial score (nSPS) is 26.4. The zero-order valence-electron chi connectivity index (χ0n) is 19.1. The van der Waals surface area contributed by atoms with Crippen LogP contribution in [-0.2, 0) is 9.47 Å². The minimum absolute atomic E-state index is 0.168. The third-order valence-electron chi connectivity index (χ3n) is 6.79. The van der Waals surface area contributed by atoms with E-state index < -0.39 is 0 Å². The number of amides is 2. The highest BCUT2D eigenvalue weighted by Gasteiger charge is 2.50. The molecule has 4 atom stereocenters. The number of aromatic nitrogens is 7. The average molecular weight is 482 g/mol. The van der Waals surface area contributed by atoms with Gasteiger partial charge >= 0.3 is 12.0 Å². The minimum atomic E-state index is -0.296. The summed E-state index contributed by atoms with van der Waals surface area (Å²) in [6.45, 7) is 0.719. The lowest BCUT2D eigenvalue weighted by molar-refractivity contribution is 0.0613. The zero-order chi connectivity index (χ0) is 23.6. The number of benzene rings is 1. The van der Waals surface area contributed by atoms with Crippen LogP contribution in [0.2, 0.25) is 0 Å². The number of carbonyl (C=O) groups is 1. The van der Waals surface area contributed by atoms with Crippen LogP contribution in [0.5, 0.6) is 11.8 Å². The summed E-state index contributed by atoms with van der Waals surface area (Å²) in [4.78, 5) is 16.5. The molecule has 3 aliphatic rings. The molecule has 2 N–H and O–H groups in total. The van der Waals surface area contributed by atoms with Crippen molar-refractivity contribution < 1.29 is 19.0 Å². The van der Waals surface area contributed by atoms with Gasteiger partial charge in [-0.2, -0.15) is 9.78 Å². The van der Waals surface area contributed by atoms with Crippen molar-refractivity contribution >= 4 is 6.03 Å². The van der Waals surface area contributed by atoms with E-state index in [1.807, 2.05) is 12.1 Å². The number of carbonyl (C=O) groups excluding carboxylic acids is 1. The highest BCUT2D eigenvalue weighted by atomic mass is 16.6. The van der Waals surface area contributed by atoms with E-state index in [4.69, 9.17) is 14.2 Å². The maximum atomic E-state index is 12.5. The lowest BCUT2D eigenvalue weighted by atomic mass is 9.96. The lowest BCUT2D eigenvalue weighted by Crippen LogP contribution is -2.50. The first-order valence-electron chi connectivity index (χ1n) is 12.0. The van der Waals surface area contributed by atoms with E-state index in [1.165, 1.54) is 12.7 Å². The number of tetrazole rings is 1. The molecular weight excluding hydrogens is 454 g/mol. The Morgan fingerprint density at radius 2 is 1.86 bits per heavy atom. The van der Waals surface area contributed by atoms with Gasteiger partial charge < -0.3 is 24.8 Å². The van der Waals surface area contributed by atoms with E-state index in [0.29, 0.717) is 19.0 Å². The molecule has 0 spiro atoms. The molecule has 13 nitrogen and oxygen atoms in total. The van der Waals surface area contributed by atoms with Crippen LogP contribution < -0.4 is 15.4 Å². The molecule has 35 heavy (non-hydrogen) atoms. The summed E-state index contributed by atoms with van der Waals surface area (Å²) in [5, 5.41) is 22.2. The fourth-order valence-electron chi connectivity index (χ4n) is 5.03. The van der Waals surface area contributed by atoms with E-state index in [-0.39, 0.29) is 42.4 Å². The van der Waals surface area contributed by atoms with E-state index in [0.717, 1.165) is 31.4 Å². The number of hydrogen-bond acceptors (Lipinski definition) is 9. The Morgan fingerprint density at radius 3 is 2.66 bits per heavy atom. The Hall–Kier alpha value is -3.58. The summed E-state index contributed by atoms with van der Waals surface area (Å²) < 4.78 is 21.2. The minimum Gasteiger partial charge on any atom is -0.423 e. The number of nitrogens with zero attached hydrogens (tertiary/aromatic N) is 7. The largest absolute Gasteiger partial charge is 0.423 e. The smallest absolute Gasteiger partial charge is 0.341 e. The van der Waals surface area contributed by atoms with Crippen molar-refractivity contribution in [3.63, 3.8) is 0 Å². The van der Waals surface area contributed by atoms with Crippen LogP contribution in [0.4, 0.5) is 4.79 Å². The number of nitrogens with one attached hydrogen (secondary N) is 2. The van der Waals surface area contributed by atoms with Gasteiger partial charge in [-0.3, -0.25) is 0 Å². The van der Waals surface area contributed by atoms with Gasteiger partial charge in [0.1, 0.15) is 36.7 Å². The molecule has 2 saturated heterocycles. The van der Waals surface area contributed by atoms with Gasteiger partial charge in [0.25, 0.3) is 0 Å². The maximum Gasteiger partial charge on any atom is 0.341 e. The average Bonchev–Trinajstić information content (AvgIpc) is 3.67. The van der Waals surface area contributed by atoms with Crippen LogP contribution in [0.1, 0.15) is 38.1 Å². The van der Waals surface area contributed by atoms with Gasteiger partial charge in [-0.15, -0.1) is 0 Å². The van der Waals surface area contributed by atoms with Gasteiger partial charge in [0.2, 0.25) is 0 Å². The van der Waals surface area contributed by atoms with Crippen molar-refractivity contribution in [2.75, 3.05) is 13.2 Å². The fourth-order valence-corrected chi connectivity index (χ4v) is 5.03. The van der Waals surface area contributed by atoms with Gasteiger partial charge in [0.05, 0.1) is 24.9 Å². The zero-order valence-corrected chi connectivity index (χ0v) is 19.1. The summed E-state index contributed by atoms with van der Waals surface area (Å²) in [7, 11) is 0. The summed E-state index contributed by atoms with van der Waals surface area (Å²) >= 11 is 0. The maximum absolute atomic E-state index is 12.5. The van der Waals surface area contributed by atoms with Gasteiger partial charge in [-0.05, 0) is 47.5 Å². The summed E-state index contributed by atoms with van der Waals surface area (Å²) in [6.07, 6.45) is 8.15. The Bertz CT molecular complexity index is 1130. The summed E-state index contributed by atoms with van der Waals surface area (Å²) in [6, 6.07) is 7.14. The molecule has 3 aromatic rings. The molecular formula is C22H27N9O4. The Labute approximate surface area is 201 Å². The molecule has 1 saturated carbocycles. The molecule has 1 aromatic carbocycles. The van der Waals surface area contributed by atoms with Gasteiger partial charge in [0.15, 0.2) is 0 Å². The Kier molecular flexibility index (Phi) is 6.00. The van der Waals surface area contributed by atoms with E-state index in [1.54, 1.807) is 27.8 Å². The third-order valence-corrected chi connectivity index (χ3v) is 6.79. The van der Waals surface area contributed by atoms with Crippen LogP contribution in [0.3, 0.4) is 0 Å². The quantitative estimate of drug-likeness (QED) is 0.534. The second kappa shape index (κ2) is 9.58. The number of ether oxygens (including phenoxy) is 3. The Balaban J connectivity index is 1.08. The van der Waals surface area contributed by atoms with E-state index >= 15 is 0 Å². The van der Waals surface area contributed by atoms with E-state index in [2.05, 4.69) is 36.2 Å². The third kappa shape index (κ3) is 4.56. The van der Waals surface area contributed by atoms with Crippen molar-refractivity contribution in [3.05, 3.63) is 36.9 Å². The molecule has 13 heteroatoms.